The molecule has 12 heteroatoms. The normalized spacial score (nSPS) is 26.1. The first-order valence-corrected chi connectivity index (χ1v) is 16.4. The van der Waals surface area contributed by atoms with Gasteiger partial charge in [-0.25, -0.2) is 4.98 Å². The molecule has 2 aromatic rings. The Morgan fingerprint density at radius 2 is 1.58 bits per heavy atom. The van der Waals surface area contributed by atoms with Crippen LogP contribution in [0.1, 0.15) is 80.1 Å². The molecule has 1 saturated heterocycles. The standard InChI is InChI=1S/C33H44F3N7O2/c1-42-17-15-25(16-18-42)43(2)31(45)22-11-13-24(14-12-22)39-32-37-19-26(33(34,35)36)29(41-32)40-28-21-9-7-20(8-10-21)27(28)30(44)38-23-5-3-4-6-23/h11-14,19-21,23,25,27-28H,3-10,15-18H2,1-2H3,(H,38,44)(H2,37,39,40,41)/t20?,21?,27-,28-/m0/s1. The summed E-state index contributed by atoms with van der Waals surface area (Å²) in [4.78, 5) is 38.9. The highest BCUT2D eigenvalue weighted by Gasteiger charge is 2.48. The van der Waals surface area contributed by atoms with Crippen LogP contribution in [0, 0.1) is 17.8 Å². The Balaban J connectivity index is 1.18. The zero-order valence-electron chi connectivity index (χ0n) is 26.1. The van der Waals surface area contributed by atoms with Crippen molar-refractivity contribution in [3.63, 3.8) is 0 Å². The number of fused-ring (bicyclic) bond motifs is 3. The quantitative estimate of drug-likeness (QED) is 0.346. The van der Waals surface area contributed by atoms with Crippen LogP contribution in [-0.2, 0) is 11.0 Å². The lowest BCUT2D eigenvalue weighted by Crippen LogP contribution is -2.55. The lowest BCUT2D eigenvalue weighted by Gasteiger charge is -2.48. The maximum atomic E-state index is 14.2. The van der Waals surface area contributed by atoms with E-state index in [1.54, 1.807) is 29.2 Å². The lowest BCUT2D eigenvalue weighted by atomic mass is 9.61. The van der Waals surface area contributed by atoms with E-state index in [-0.39, 0.29) is 47.5 Å². The van der Waals surface area contributed by atoms with Gasteiger partial charge in [-0.15, -0.1) is 0 Å². The molecule has 3 N–H and O–H groups in total. The molecule has 0 spiro atoms. The van der Waals surface area contributed by atoms with Gasteiger partial charge in [0.25, 0.3) is 5.91 Å². The van der Waals surface area contributed by atoms with Crippen LogP contribution in [0.15, 0.2) is 30.5 Å². The van der Waals surface area contributed by atoms with Gasteiger partial charge in [-0.05, 0) is 108 Å². The fourth-order valence-corrected chi connectivity index (χ4v) is 7.90. The number of hydrogen-bond acceptors (Lipinski definition) is 7. The van der Waals surface area contributed by atoms with Crippen LogP contribution in [0.5, 0.6) is 0 Å². The summed E-state index contributed by atoms with van der Waals surface area (Å²) in [7, 11) is 3.91. The number of benzene rings is 1. The van der Waals surface area contributed by atoms with Crippen molar-refractivity contribution in [2.24, 2.45) is 17.8 Å². The molecule has 1 aromatic carbocycles. The minimum Gasteiger partial charge on any atom is -0.366 e. The molecule has 244 valence electrons. The highest BCUT2D eigenvalue weighted by atomic mass is 19.4. The molecule has 45 heavy (non-hydrogen) atoms. The SMILES string of the molecule is CN1CCC(N(C)C(=O)c2ccc(Nc3ncc(C(F)(F)F)c(N[C@H]4C5CCC(CC5)[C@@H]4C(=O)NC4CCCC4)n3)cc2)CC1. The fourth-order valence-electron chi connectivity index (χ4n) is 7.90. The topological polar surface area (TPSA) is 102 Å². The molecule has 0 radical (unpaired) electrons. The monoisotopic (exact) mass is 627 g/mol. The van der Waals surface area contributed by atoms with Crippen LogP contribution >= 0.6 is 0 Å². The van der Waals surface area contributed by atoms with E-state index < -0.39 is 23.7 Å². The van der Waals surface area contributed by atoms with E-state index in [2.05, 4.69) is 37.9 Å². The molecule has 2 amide bonds. The van der Waals surface area contributed by atoms with Crippen LogP contribution < -0.4 is 16.0 Å². The van der Waals surface area contributed by atoms with E-state index in [0.717, 1.165) is 83.5 Å². The number of aromatic nitrogens is 2. The van der Waals surface area contributed by atoms with Crippen LogP contribution in [0.4, 0.5) is 30.6 Å². The number of rotatable bonds is 8. The van der Waals surface area contributed by atoms with Crippen molar-refractivity contribution in [1.29, 1.82) is 0 Å². The molecule has 1 aliphatic heterocycles. The van der Waals surface area contributed by atoms with Crippen molar-refractivity contribution >= 4 is 29.3 Å². The predicted molar refractivity (Wildman–Crippen MR) is 166 cm³/mol. The lowest BCUT2D eigenvalue weighted by molar-refractivity contribution is -0.137. The molecule has 2 heterocycles. The van der Waals surface area contributed by atoms with Crippen LogP contribution in [0.25, 0.3) is 0 Å². The van der Waals surface area contributed by atoms with Gasteiger partial charge in [-0.1, -0.05) is 12.8 Å². The molecule has 2 bridgehead atoms. The van der Waals surface area contributed by atoms with Gasteiger partial charge in [-0.2, -0.15) is 18.2 Å². The zero-order chi connectivity index (χ0) is 31.7. The summed E-state index contributed by atoms with van der Waals surface area (Å²) < 4.78 is 42.5. The Bertz CT molecular complexity index is 1350. The highest BCUT2D eigenvalue weighted by molar-refractivity contribution is 5.94. The van der Waals surface area contributed by atoms with Crippen LogP contribution in [0.3, 0.4) is 0 Å². The van der Waals surface area contributed by atoms with E-state index >= 15 is 0 Å². The maximum Gasteiger partial charge on any atom is 0.421 e. The summed E-state index contributed by atoms with van der Waals surface area (Å²) in [5, 5.41) is 9.32. The van der Waals surface area contributed by atoms with Crippen molar-refractivity contribution in [2.75, 3.05) is 37.8 Å². The first-order valence-electron chi connectivity index (χ1n) is 16.4. The minimum absolute atomic E-state index is 0.000876. The molecule has 1 aromatic heterocycles. The summed E-state index contributed by atoms with van der Waals surface area (Å²) in [5.74, 6) is -0.596. The minimum atomic E-state index is -4.67. The summed E-state index contributed by atoms with van der Waals surface area (Å²) in [5.41, 5.74) is 0.124. The Kier molecular flexibility index (Phi) is 9.22. The summed E-state index contributed by atoms with van der Waals surface area (Å²) >= 11 is 0. The van der Waals surface area contributed by atoms with Crippen molar-refractivity contribution in [2.45, 2.75) is 88.5 Å². The number of nitrogens with zero attached hydrogens (tertiary/aromatic N) is 4. The Hall–Kier alpha value is -3.41. The molecular weight excluding hydrogens is 583 g/mol. The van der Waals surface area contributed by atoms with Gasteiger partial charge >= 0.3 is 6.18 Å². The average Bonchev–Trinajstić information content (AvgIpc) is 3.54. The van der Waals surface area contributed by atoms with Crippen LogP contribution in [-0.4, -0.2) is 76.9 Å². The first-order chi connectivity index (χ1) is 21.6. The number of piperidine rings is 1. The van der Waals surface area contributed by atoms with E-state index in [9.17, 15) is 22.8 Å². The zero-order valence-corrected chi connectivity index (χ0v) is 26.1. The van der Waals surface area contributed by atoms with Gasteiger partial charge in [0.15, 0.2) is 0 Å². The summed E-state index contributed by atoms with van der Waals surface area (Å²) in [6, 6.07) is 6.70. The third-order valence-corrected chi connectivity index (χ3v) is 10.6. The molecule has 5 fully saturated rings. The van der Waals surface area contributed by atoms with Crippen molar-refractivity contribution in [1.82, 2.24) is 25.1 Å². The number of amides is 2. The molecule has 7 rings (SSSR count). The molecule has 0 unspecified atom stereocenters. The van der Waals surface area contributed by atoms with Gasteiger partial charge in [-0.3, -0.25) is 9.59 Å². The number of halogens is 3. The molecule has 9 nitrogen and oxygen atoms in total. The number of hydrogen-bond donors (Lipinski definition) is 3. The van der Waals surface area contributed by atoms with Crippen molar-refractivity contribution in [3.8, 4) is 0 Å². The van der Waals surface area contributed by atoms with Crippen molar-refractivity contribution < 1.29 is 22.8 Å². The number of likely N-dealkylation sites (tertiary alicyclic amines) is 1. The predicted octanol–water partition coefficient (Wildman–Crippen LogP) is 5.68. The van der Waals surface area contributed by atoms with Gasteiger partial charge in [0.05, 0.1) is 5.92 Å². The molecular formula is C33H44F3N7O2. The van der Waals surface area contributed by atoms with E-state index in [1.807, 2.05) is 7.05 Å². The molecule has 4 saturated carbocycles. The molecule has 2 atom stereocenters. The first kappa shape index (κ1) is 31.6. The Labute approximate surface area is 262 Å². The number of anilines is 3. The van der Waals surface area contributed by atoms with Gasteiger partial charge in [0.1, 0.15) is 11.4 Å². The van der Waals surface area contributed by atoms with Gasteiger partial charge < -0.3 is 25.8 Å². The van der Waals surface area contributed by atoms with Crippen LogP contribution in [0.2, 0.25) is 0 Å². The van der Waals surface area contributed by atoms with Gasteiger partial charge in [0, 0.05) is 42.6 Å². The summed E-state index contributed by atoms with van der Waals surface area (Å²) in [6.45, 7) is 1.90. The molecule has 5 aliphatic rings. The summed E-state index contributed by atoms with van der Waals surface area (Å²) in [6.07, 6.45) is 5.65. The second kappa shape index (κ2) is 13.1. The highest BCUT2D eigenvalue weighted by Crippen LogP contribution is 2.47. The largest absolute Gasteiger partial charge is 0.421 e. The van der Waals surface area contributed by atoms with Gasteiger partial charge in [0.2, 0.25) is 11.9 Å². The second-order valence-corrected chi connectivity index (χ2v) is 13.5. The Morgan fingerprint density at radius 1 is 0.933 bits per heavy atom. The third-order valence-electron chi connectivity index (χ3n) is 10.6. The average molecular weight is 628 g/mol. The van der Waals surface area contributed by atoms with E-state index in [0.29, 0.717) is 11.3 Å². The molecule has 4 aliphatic carbocycles. The van der Waals surface area contributed by atoms with E-state index in [1.165, 1.54) is 0 Å². The fraction of sp³-hybridized carbons (Fsp3) is 0.636. The van der Waals surface area contributed by atoms with E-state index in [4.69, 9.17) is 0 Å². The number of nitrogens with one attached hydrogen (secondary N) is 3. The third kappa shape index (κ3) is 7.05. The number of carbonyl (C=O) groups excluding carboxylic acids is 2. The smallest absolute Gasteiger partial charge is 0.366 e. The second-order valence-electron chi connectivity index (χ2n) is 13.5. The Morgan fingerprint density at radius 3 is 2.22 bits per heavy atom. The maximum absolute atomic E-state index is 14.2. The van der Waals surface area contributed by atoms with Crippen molar-refractivity contribution in [3.05, 3.63) is 41.6 Å². The number of carbonyl (C=O) groups is 2. The number of alkyl halides is 3.